The topological polar surface area (TPSA) is 68.2 Å². The smallest absolute Gasteiger partial charge is 0.394 e. The van der Waals surface area contributed by atoms with Crippen molar-refractivity contribution in [3.05, 3.63) is 0 Å². The van der Waals surface area contributed by atoms with Gasteiger partial charge >= 0.3 is 12.4 Å². The van der Waals surface area contributed by atoms with Crippen LogP contribution in [0.1, 0.15) is 234 Å². The first-order chi connectivity index (χ1) is 30.3. The van der Waals surface area contributed by atoms with Crippen molar-refractivity contribution in [3.8, 4) is 0 Å². The highest BCUT2D eigenvalue weighted by molar-refractivity contribution is 4.90. The van der Waals surface area contributed by atoms with Crippen molar-refractivity contribution in [2.45, 2.75) is 269 Å². The van der Waals surface area contributed by atoms with Gasteiger partial charge in [-0.05, 0) is 126 Å². The predicted molar refractivity (Wildman–Crippen MR) is 290 cm³/mol. The van der Waals surface area contributed by atoms with Crippen molar-refractivity contribution in [3.63, 3.8) is 0 Å². The summed E-state index contributed by atoms with van der Waals surface area (Å²) < 4.78 is 97.8. The maximum atomic E-state index is 12.5. The molecule has 0 unspecified atom stereocenters. The lowest BCUT2D eigenvalue weighted by molar-refractivity contribution is -0.225. The van der Waals surface area contributed by atoms with Gasteiger partial charge in [-0.15, -0.1) is 0 Å². The molecular weight excluding hydrogens is 910 g/mol. The third-order valence-electron chi connectivity index (χ3n) is 16.1. The standard InChI is InChI=1S/C7H13F3.C7H14O.3C7H16O.C7H14.C6H13F.C6H14O.C4H7F3/c1-5(2)6(3,4)7(8,9)10;1-6(2)7(3)4-8-5-7;2*1-6(2)7(3,4)8-5;1-6(2)7(3,4)5-8;1-6(2)7(3)4-5-7;2*1-5(2)6(3,4)7;1-3(2)4(5,6)7/h5H,1-4H3;6H,4-5H2,1-3H3;2*6H,1-5H3;6,8H,5H2,1-4H3;6H,4-5H2,1-3H3;5H,1-4H3;5,7H,1-4H3;3H,1-2H3. The normalized spacial score (nSPS) is 15.8. The Hall–Kier alpha value is -0.690. The van der Waals surface area contributed by atoms with Crippen LogP contribution in [0.2, 0.25) is 0 Å². The van der Waals surface area contributed by atoms with Gasteiger partial charge in [-0.25, -0.2) is 4.39 Å². The molecule has 2 rings (SSSR count). The molecule has 1 saturated carbocycles. The van der Waals surface area contributed by atoms with Gasteiger partial charge in [-0.1, -0.05) is 166 Å². The molecule has 0 aromatic carbocycles. The zero-order chi connectivity index (χ0) is 58.9. The third kappa shape index (κ3) is 41.6. The third-order valence-corrected chi connectivity index (χ3v) is 16.1. The molecule has 1 aliphatic carbocycles. The molecule has 0 aromatic heterocycles. The highest BCUT2D eigenvalue weighted by Gasteiger charge is 2.49. The quantitative estimate of drug-likeness (QED) is 0.202. The molecule has 2 aliphatic rings. The van der Waals surface area contributed by atoms with Crippen LogP contribution in [0.25, 0.3) is 0 Å². The second-order valence-electron chi connectivity index (χ2n) is 26.4. The van der Waals surface area contributed by atoms with E-state index in [1.807, 2.05) is 41.5 Å². The van der Waals surface area contributed by atoms with Crippen molar-refractivity contribution >= 4 is 0 Å². The van der Waals surface area contributed by atoms with Crippen molar-refractivity contribution < 1.29 is 55.2 Å². The fourth-order valence-corrected chi connectivity index (χ4v) is 2.51. The van der Waals surface area contributed by atoms with E-state index in [1.54, 1.807) is 41.9 Å². The van der Waals surface area contributed by atoms with Crippen LogP contribution in [0, 0.1) is 74.9 Å². The Morgan fingerprint density at radius 2 is 0.714 bits per heavy atom. The van der Waals surface area contributed by atoms with Gasteiger partial charge in [-0.3, -0.25) is 0 Å². The van der Waals surface area contributed by atoms with Gasteiger partial charge < -0.3 is 24.4 Å². The molecule has 434 valence electrons. The SMILES string of the molecule is CC(C)C(C)(C)C(F)(F)F.CC(C)C(C)(C)CO.CC(C)C(C)(C)F.CC(C)C(C)(C)O.CC(C)C(F)(F)F.CC(C)C1(C)CC1.CC(C)C1(C)COC1.COC(C)(C)C(C)C.COC(C)(C)C(C)C. The van der Waals surface area contributed by atoms with Crippen LogP contribution in [0.3, 0.4) is 0 Å². The molecule has 0 amide bonds. The summed E-state index contributed by atoms with van der Waals surface area (Å²) in [7, 11) is 3.50. The van der Waals surface area contributed by atoms with E-state index in [2.05, 4.69) is 125 Å². The lowest BCUT2D eigenvalue weighted by Crippen LogP contribution is -2.43. The van der Waals surface area contributed by atoms with Crippen molar-refractivity contribution in [1.82, 2.24) is 0 Å². The Labute approximate surface area is 432 Å². The molecule has 2 N–H and O–H groups in total. The van der Waals surface area contributed by atoms with E-state index < -0.39 is 35.0 Å². The Morgan fingerprint density at radius 3 is 0.714 bits per heavy atom. The van der Waals surface area contributed by atoms with Crippen LogP contribution in [0.5, 0.6) is 0 Å². The highest BCUT2D eigenvalue weighted by Crippen LogP contribution is 2.51. The van der Waals surface area contributed by atoms with Crippen LogP contribution in [0.4, 0.5) is 30.7 Å². The first-order valence-corrected chi connectivity index (χ1v) is 26.2. The zero-order valence-corrected chi connectivity index (χ0v) is 52.5. The van der Waals surface area contributed by atoms with E-state index in [-0.39, 0.29) is 35.1 Å². The van der Waals surface area contributed by atoms with E-state index in [0.717, 1.165) is 44.3 Å². The van der Waals surface area contributed by atoms with Gasteiger partial charge in [0, 0.05) is 32.2 Å². The van der Waals surface area contributed by atoms with Gasteiger partial charge in [0.05, 0.1) is 35.4 Å². The van der Waals surface area contributed by atoms with Gasteiger partial charge in [0.15, 0.2) is 0 Å². The van der Waals surface area contributed by atoms with Gasteiger partial charge in [0.25, 0.3) is 0 Å². The highest BCUT2D eigenvalue weighted by atomic mass is 19.4. The molecule has 0 spiro atoms. The number of halogens is 7. The molecule has 0 radical (unpaired) electrons. The molecule has 1 aliphatic heterocycles. The summed E-state index contributed by atoms with van der Waals surface area (Å²) in [4.78, 5) is 0. The predicted octanol–water partition coefficient (Wildman–Crippen LogP) is 19.2. The van der Waals surface area contributed by atoms with Gasteiger partial charge in [0.2, 0.25) is 0 Å². The van der Waals surface area contributed by atoms with Crippen LogP contribution in [-0.4, -0.2) is 79.1 Å². The summed E-state index contributed by atoms with van der Waals surface area (Å²) in [5.41, 5.74) is -1.63. The number of alkyl halides is 7. The number of methoxy groups -OCH3 is 2. The van der Waals surface area contributed by atoms with Crippen LogP contribution >= 0.6 is 0 Å². The minimum absolute atomic E-state index is 0.0417. The van der Waals surface area contributed by atoms with E-state index >= 15 is 0 Å². The van der Waals surface area contributed by atoms with E-state index in [1.165, 1.54) is 26.7 Å². The molecule has 5 nitrogen and oxygen atoms in total. The minimum atomic E-state index is -4.08. The number of ether oxygens (including phenoxy) is 3. The van der Waals surface area contributed by atoms with Crippen molar-refractivity contribution in [2.75, 3.05) is 34.0 Å². The second kappa shape index (κ2) is 34.8. The average molecular weight is 1030 g/mol. The first-order valence-electron chi connectivity index (χ1n) is 26.2. The fraction of sp³-hybridized carbons (Fsp3) is 1.00. The molecule has 70 heavy (non-hydrogen) atoms. The van der Waals surface area contributed by atoms with Crippen molar-refractivity contribution in [1.29, 1.82) is 0 Å². The second-order valence-corrected chi connectivity index (χ2v) is 26.4. The summed E-state index contributed by atoms with van der Waals surface area (Å²) in [5.74, 6) is 2.34. The van der Waals surface area contributed by atoms with Crippen LogP contribution in [-0.2, 0) is 14.2 Å². The molecule has 1 heterocycles. The summed E-state index contributed by atoms with van der Waals surface area (Å²) in [6, 6.07) is 0. The molecule has 2 fully saturated rings. The van der Waals surface area contributed by atoms with E-state index in [9.17, 15) is 30.7 Å². The molecule has 12 heteroatoms. The minimum Gasteiger partial charge on any atom is -0.396 e. The van der Waals surface area contributed by atoms with Crippen LogP contribution < -0.4 is 0 Å². The number of hydrogen-bond donors (Lipinski definition) is 2. The fourth-order valence-electron chi connectivity index (χ4n) is 2.51. The summed E-state index contributed by atoms with van der Waals surface area (Å²) in [6.45, 7) is 63.8. The number of aliphatic hydroxyl groups excluding tert-OH is 1. The molecular formula is C58H123F7O5. The monoisotopic (exact) mass is 1030 g/mol. The number of hydrogen-bond acceptors (Lipinski definition) is 5. The van der Waals surface area contributed by atoms with Gasteiger partial charge in [0.1, 0.15) is 5.67 Å². The molecule has 0 bridgehead atoms. The molecule has 0 aromatic rings. The molecule has 1 saturated heterocycles. The van der Waals surface area contributed by atoms with E-state index in [4.69, 9.17) is 24.4 Å². The average Bonchev–Trinajstić information content (AvgIpc) is 3.92. The van der Waals surface area contributed by atoms with Gasteiger partial charge in [-0.2, -0.15) is 26.3 Å². The Morgan fingerprint density at radius 1 is 0.457 bits per heavy atom. The maximum Gasteiger partial charge on any atom is 0.394 e. The Balaban J connectivity index is -0.000000128. The molecule has 0 atom stereocenters. The maximum absolute atomic E-state index is 12.5. The number of rotatable bonds is 11. The summed E-state index contributed by atoms with van der Waals surface area (Å²) in [6.07, 6.45) is -5.16. The summed E-state index contributed by atoms with van der Waals surface area (Å²) in [5, 5.41) is 17.9. The van der Waals surface area contributed by atoms with Crippen molar-refractivity contribution in [2.24, 2.45) is 74.9 Å². The Kier molecular flexibility index (Phi) is 41.4. The number of aliphatic hydroxyl groups is 2. The van der Waals surface area contributed by atoms with Crippen LogP contribution in [0.15, 0.2) is 0 Å². The first kappa shape index (κ1) is 83.3. The Bertz CT molecular complexity index is 1090. The summed E-state index contributed by atoms with van der Waals surface area (Å²) >= 11 is 0. The zero-order valence-electron chi connectivity index (χ0n) is 52.5. The lowest BCUT2D eigenvalue weighted by Gasteiger charge is -2.41. The largest absolute Gasteiger partial charge is 0.396 e. The van der Waals surface area contributed by atoms with E-state index in [0.29, 0.717) is 29.1 Å². The lowest BCUT2D eigenvalue weighted by atomic mass is 9.78.